The van der Waals surface area contributed by atoms with Crippen molar-refractivity contribution in [2.75, 3.05) is 0 Å². The van der Waals surface area contributed by atoms with Crippen molar-refractivity contribution in [1.29, 1.82) is 0 Å². The Hall–Kier alpha value is -2.56. The first kappa shape index (κ1) is 19.2. The number of hydrogen-bond donors (Lipinski definition) is 1. The molecule has 1 N–H and O–H groups in total. The van der Waals surface area contributed by atoms with Crippen molar-refractivity contribution in [3.8, 4) is 11.6 Å². The van der Waals surface area contributed by atoms with Crippen LogP contribution in [-0.2, 0) is 0 Å². The fourth-order valence-corrected chi connectivity index (χ4v) is 3.79. The second-order valence-electron chi connectivity index (χ2n) is 7.79. The average molecular weight is 367 g/mol. The molecular formula is C22H29N3O2. The van der Waals surface area contributed by atoms with Crippen molar-refractivity contribution in [2.24, 2.45) is 5.16 Å². The summed E-state index contributed by atoms with van der Waals surface area (Å²) in [6.45, 7) is 10.7. The predicted octanol–water partition coefficient (Wildman–Crippen LogP) is 5.31. The van der Waals surface area contributed by atoms with E-state index in [1.807, 2.05) is 25.1 Å². The van der Waals surface area contributed by atoms with Crippen LogP contribution in [0.3, 0.4) is 0 Å². The molecule has 1 aromatic carbocycles. The highest BCUT2D eigenvalue weighted by Gasteiger charge is 2.31. The monoisotopic (exact) mass is 367 g/mol. The molecule has 1 aromatic heterocycles. The van der Waals surface area contributed by atoms with E-state index in [1.54, 1.807) is 6.20 Å². The van der Waals surface area contributed by atoms with Crippen LogP contribution < -0.4 is 4.74 Å². The molecule has 144 valence electrons. The number of aromatic nitrogens is 1. The van der Waals surface area contributed by atoms with Crippen LogP contribution in [-0.4, -0.2) is 33.0 Å². The number of benzene rings is 1. The van der Waals surface area contributed by atoms with E-state index in [0.717, 1.165) is 35.3 Å². The molecule has 0 radical (unpaired) electrons. The first-order valence-corrected chi connectivity index (χ1v) is 9.66. The quantitative estimate of drug-likeness (QED) is 0.344. The molecule has 2 heterocycles. The molecular weight excluding hydrogens is 338 g/mol. The zero-order valence-corrected chi connectivity index (χ0v) is 16.8. The Morgan fingerprint density at radius 2 is 1.89 bits per heavy atom. The normalized spacial score (nSPS) is 20.4. The molecule has 2 atom stereocenters. The maximum atomic E-state index is 9.69. The molecule has 1 aliphatic rings. The molecule has 0 spiro atoms. The molecule has 27 heavy (non-hydrogen) atoms. The zero-order chi connectivity index (χ0) is 19.6. The summed E-state index contributed by atoms with van der Waals surface area (Å²) in [4.78, 5) is 6.54. The summed E-state index contributed by atoms with van der Waals surface area (Å²) in [6.07, 6.45) is 3.89. The Bertz CT molecular complexity index is 822. The predicted molar refractivity (Wildman–Crippen MR) is 108 cm³/mol. The Balaban J connectivity index is 1.91. The Morgan fingerprint density at radius 3 is 2.52 bits per heavy atom. The summed E-state index contributed by atoms with van der Waals surface area (Å²) in [5.41, 5.74) is 3.09. The lowest BCUT2D eigenvalue weighted by atomic mass is 10.0. The van der Waals surface area contributed by atoms with E-state index in [2.05, 4.69) is 54.9 Å². The number of amidine groups is 1. The van der Waals surface area contributed by atoms with Gasteiger partial charge < -0.3 is 14.8 Å². The Labute approximate surface area is 161 Å². The van der Waals surface area contributed by atoms with Crippen LogP contribution in [0.5, 0.6) is 11.6 Å². The van der Waals surface area contributed by atoms with E-state index >= 15 is 0 Å². The van der Waals surface area contributed by atoms with E-state index in [4.69, 9.17) is 4.74 Å². The molecule has 5 nitrogen and oxygen atoms in total. The molecule has 0 aliphatic carbocycles. The van der Waals surface area contributed by atoms with E-state index in [9.17, 15) is 5.21 Å². The van der Waals surface area contributed by atoms with Gasteiger partial charge in [0.1, 0.15) is 5.75 Å². The largest absolute Gasteiger partial charge is 0.439 e. The van der Waals surface area contributed by atoms with Gasteiger partial charge in [0.05, 0.1) is 0 Å². The third kappa shape index (κ3) is 4.07. The van der Waals surface area contributed by atoms with Gasteiger partial charge in [0.25, 0.3) is 0 Å². The van der Waals surface area contributed by atoms with Gasteiger partial charge in [0.15, 0.2) is 5.84 Å². The third-order valence-corrected chi connectivity index (χ3v) is 5.29. The van der Waals surface area contributed by atoms with Crippen molar-refractivity contribution in [1.82, 2.24) is 9.88 Å². The lowest BCUT2D eigenvalue weighted by Crippen LogP contribution is -2.39. The summed E-state index contributed by atoms with van der Waals surface area (Å²) in [5.74, 6) is 2.25. The van der Waals surface area contributed by atoms with Crippen molar-refractivity contribution in [2.45, 2.75) is 65.5 Å². The topological polar surface area (TPSA) is 58.0 Å². The van der Waals surface area contributed by atoms with Gasteiger partial charge in [-0.15, -0.1) is 0 Å². The van der Waals surface area contributed by atoms with Gasteiger partial charge in [-0.25, -0.2) is 4.98 Å². The second kappa shape index (κ2) is 7.99. The number of ether oxygens (including phenoxy) is 1. The number of nitrogens with zero attached hydrogens (tertiary/aromatic N) is 3. The summed E-state index contributed by atoms with van der Waals surface area (Å²) < 4.78 is 6.14. The Morgan fingerprint density at radius 1 is 1.19 bits per heavy atom. The highest BCUT2D eigenvalue weighted by molar-refractivity contribution is 5.99. The SMILES string of the molecule is Cc1ccc(C(C)C)c(Oc2cc(/C(=N/O)N3C(C)CCC3C)ccn2)c1. The second-order valence-corrected chi connectivity index (χ2v) is 7.79. The van der Waals surface area contributed by atoms with Crippen molar-refractivity contribution >= 4 is 5.84 Å². The molecule has 1 saturated heterocycles. The maximum absolute atomic E-state index is 9.69. The number of rotatable bonds is 4. The Kier molecular flexibility index (Phi) is 5.68. The molecule has 2 aromatic rings. The minimum atomic E-state index is 0.341. The van der Waals surface area contributed by atoms with Gasteiger partial charge in [-0.2, -0.15) is 0 Å². The number of pyridine rings is 1. The highest BCUT2D eigenvalue weighted by Crippen LogP contribution is 2.32. The van der Waals surface area contributed by atoms with E-state index in [1.165, 1.54) is 0 Å². The summed E-state index contributed by atoms with van der Waals surface area (Å²) in [6, 6.07) is 10.6. The van der Waals surface area contributed by atoms with Gasteiger partial charge in [-0.3, -0.25) is 0 Å². The first-order chi connectivity index (χ1) is 12.9. The van der Waals surface area contributed by atoms with Crippen LogP contribution >= 0.6 is 0 Å². The van der Waals surface area contributed by atoms with Crippen LogP contribution in [0.15, 0.2) is 41.7 Å². The lowest BCUT2D eigenvalue weighted by molar-refractivity contribution is 0.283. The van der Waals surface area contributed by atoms with Crippen LogP contribution in [0.25, 0.3) is 0 Å². The van der Waals surface area contributed by atoms with Crippen molar-refractivity contribution in [3.63, 3.8) is 0 Å². The third-order valence-electron chi connectivity index (χ3n) is 5.29. The van der Waals surface area contributed by atoms with E-state index in [0.29, 0.717) is 29.7 Å². The van der Waals surface area contributed by atoms with Crippen LogP contribution in [0.4, 0.5) is 0 Å². The molecule has 2 unspecified atom stereocenters. The van der Waals surface area contributed by atoms with Crippen LogP contribution in [0.2, 0.25) is 0 Å². The van der Waals surface area contributed by atoms with Crippen LogP contribution in [0.1, 0.15) is 63.1 Å². The van der Waals surface area contributed by atoms with Gasteiger partial charge in [0.2, 0.25) is 5.88 Å². The molecule has 1 aliphatic heterocycles. The molecule has 5 heteroatoms. The average Bonchev–Trinajstić information content (AvgIpc) is 2.95. The molecule has 0 amide bonds. The first-order valence-electron chi connectivity index (χ1n) is 9.66. The standard InChI is InChI=1S/C22H29N3O2/c1-14(2)19-9-6-15(3)12-20(19)27-21-13-18(10-11-23-21)22(24-26)25-16(4)7-8-17(25)5/h6,9-14,16-17,26H,7-8H2,1-5H3/b24-22-. The molecule has 0 saturated carbocycles. The smallest absolute Gasteiger partial charge is 0.219 e. The van der Waals surface area contributed by atoms with E-state index in [-0.39, 0.29) is 0 Å². The number of likely N-dealkylation sites (tertiary alicyclic amines) is 1. The fourth-order valence-electron chi connectivity index (χ4n) is 3.79. The molecule has 0 bridgehead atoms. The van der Waals surface area contributed by atoms with Crippen molar-refractivity contribution < 1.29 is 9.94 Å². The van der Waals surface area contributed by atoms with Gasteiger partial charge in [0, 0.05) is 29.9 Å². The van der Waals surface area contributed by atoms with Crippen LogP contribution in [0, 0.1) is 6.92 Å². The van der Waals surface area contributed by atoms with Crippen molar-refractivity contribution in [3.05, 3.63) is 53.2 Å². The molecule has 3 rings (SSSR count). The van der Waals surface area contributed by atoms with E-state index < -0.39 is 0 Å². The number of hydrogen-bond acceptors (Lipinski definition) is 4. The zero-order valence-electron chi connectivity index (χ0n) is 16.8. The summed E-state index contributed by atoms with van der Waals surface area (Å²) in [5, 5.41) is 13.3. The maximum Gasteiger partial charge on any atom is 0.219 e. The number of aryl methyl sites for hydroxylation is 1. The summed E-state index contributed by atoms with van der Waals surface area (Å²) in [7, 11) is 0. The minimum Gasteiger partial charge on any atom is -0.439 e. The summed E-state index contributed by atoms with van der Waals surface area (Å²) >= 11 is 0. The lowest BCUT2D eigenvalue weighted by Gasteiger charge is -2.29. The fraction of sp³-hybridized carbons (Fsp3) is 0.455. The van der Waals surface area contributed by atoms with Gasteiger partial charge in [-0.05, 0) is 62.8 Å². The number of oxime groups is 1. The minimum absolute atomic E-state index is 0.341. The highest BCUT2D eigenvalue weighted by atomic mass is 16.5. The van der Waals surface area contributed by atoms with Gasteiger partial charge in [-0.1, -0.05) is 31.1 Å². The van der Waals surface area contributed by atoms with Gasteiger partial charge >= 0.3 is 0 Å². The molecule has 1 fully saturated rings.